The van der Waals surface area contributed by atoms with Gasteiger partial charge < -0.3 is 0 Å². The molecule has 88 valence electrons. The second-order valence-corrected chi connectivity index (χ2v) is 4.56. The predicted molar refractivity (Wildman–Crippen MR) is 61.7 cm³/mol. The van der Waals surface area contributed by atoms with Gasteiger partial charge in [-0.2, -0.15) is 5.10 Å². The molecule has 0 bridgehead atoms. The first-order valence-electron chi connectivity index (χ1n) is 5.87. The van der Waals surface area contributed by atoms with Crippen molar-refractivity contribution in [1.29, 1.82) is 0 Å². The number of halogens is 1. The second kappa shape index (κ2) is 3.95. The molecule has 1 aliphatic heterocycles. The van der Waals surface area contributed by atoms with Crippen molar-refractivity contribution in [2.45, 2.75) is 25.8 Å². The van der Waals surface area contributed by atoms with Gasteiger partial charge in [-0.1, -0.05) is 12.1 Å². The number of rotatable bonds is 2. The highest BCUT2D eigenvalue weighted by molar-refractivity contribution is 6.09. The number of hydrogen-bond acceptors (Lipinski definition) is 2. The number of carbonyl (C=O) groups excluding carboxylic acids is 1. The second-order valence-electron chi connectivity index (χ2n) is 4.56. The molecule has 1 fully saturated rings. The van der Waals surface area contributed by atoms with Crippen molar-refractivity contribution in [2.75, 3.05) is 0 Å². The number of benzene rings is 1. The molecule has 3 rings (SSSR count). The molecule has 1 aliphatic carbocycles. The van der Waals surface area contributed by atoms with E-state index in [1.54, 1.807) is 6.07 Å². The smallest absolute Gasteiger partial charge is 0.251 e. The third-order valence-electron chi connectivity index (χ3n) is 3.35. The number of fused-ring (bicyclic) bond motifs is 1. The Balaban J connectivity index is 1.79. The summed E-state index contributed by atoms with van der Waals surface area (Å²) < 4.78 is 13.0. The van der Waals surface area contributed by atoms with Crippen molar-refractivity contribution in [3.05, 3.63) is 35.6 Å². The zero-order valence-corrected chi connectivity index (χ0v) is 9.40. The van der Waals surface area contributed by atoms with E-state index in [0.29, 0.717) is 6.54 Å². The van der Waals surface area contributed by atoms with Crippen LogP contribution in [0.25, 0.3) is 0 Å². The molecule has 4 heteroatoms. The van der Waals surface area contributed by atoms with E-state index in [-0.39, 0.29) is 17.6 Å². The molecule has 0 aromatic heterocycles. The first-order valence-corrected chi connectivity index (χ1v) is 5.87. The summed E-state index contributed by atoms with van der Waals surface area (Å²) in [5.74, 6) is -0.202. The van der Waals surface area contributed by atoms with E-state index >= 15 is 0 Å². The Bertz CT molecular complexity index is 498. The van der Waals surface area contributed by atoms with Gasteiger partial charge in [-0.15, -0.1) is 0 Å². The molecule has 17 heavy (non-hydrogen) atoms. The van der Waals surface area contributed by atoms with Crippen molar-refractivity contribution < 1.29 is 9.18 Å². The van der Waals surface area contributed by atoms with E-state index < -0.39 is 0 Å². The summed E-state index contributed by atoms with van der Waals surface area (Å²) in [6.45, 7) is 0.372. The molecule has 2 aliphatic rings. The van der Waals surface area contributed by atoms with Crippen LogP contribution in [-0.2, 0) is 11.3 Å². The number of amides is 1. The Kier molecular flexibility index (Phi) is 2.42. The van der Waals surface area contributed by atoms with Crippen LogP contribution < -0.4 is 0 Å². The fourth-order valence-corrected chi connectivity index (χ4v) is 2.52. The predicted octanol–water partition coefficient (Wildman–Crippen LogP) is 2.32. The van der Waals surface area contributed by atoms with E-state index in [1.807, 2.05) is 6.07 Å². The van der Waals surface area contributed by atoms with Gasteiger partial charge in [0, 0.05) is 0 Å². The van der Waals surface area contributed by atoms with Gasteiger partial charge in [0.1, 0.15) is 5.82 Å². The molecular formula is C13H13FN2O. The zero-order chi connectivity index (χ0) is 11.8. The zero-order valence-electron chi connectivity index (χ0n) is 9.40. The average Bonchev–Trinajstić information content (AvgIpc) is 2.84. The van der Waals surface area contributed by atoms with Crippen molar-refractivity contribution >= 4 is 11.6 Å². The van der Waals surface area contributed by atoms with Gasteiger partial charge in [0.2, 0.25) is 0 Å². The maximum atomic E-state index is 13.0. The molecule has 1 unspecified atom stereocenters. The minimum atomic E-state index is -0.276. The third kappa shape index (κ3) is 1.84. The lowest BCUT2D eigenvalue weighted by molar-refractivity contribution is -0.132. The molecule has 1 saturated carbocycles. The summed E-state index contributed by atoms with van der Waals surface area (Å²) in [6.07, 6.45) is 2.90. The molecule has 0 N–H and O–H groups in total. The molecule has 0 saturated heterocycles. The molecular weight excluding hydrogens is 219 g/mol. The molecule has 1 aromatic rings. The van der Waals surface area contributed by atoms with Crippen LogP contribution in [0.4, 0.5) is 4.39 Å². The van der Waals surface area contributed by atoms with E-state index in [9.17, 15) is 9.18 Å². The van der Waals surface area contributed by atoms with Crippen molar-refractivity contribution in [3.8, 4) is 0 Å². The lowest BCUT2D eigenvalue weighted by atomic mass is 10.1. The Morgan fingerprint density at radius 3 is 3.12 bits per heavy atom. The fourth-order valence-electron chi connectivity index (χ4n) is 2.52. The first kappa shape index (κ1) is 10.4. The van der Waals surface area contributed by atoms with Crippen molar-refractivity contribution in [3.63, 3.8) is 0 Å². The van der Waals surface area contributed by atoms with Crippen LogP contribution in [0.15, 0.2) is 29.4 Å². The molecule has 0 radical (unpaired) electrons. The van der Waals surface area contributed by atoms with Crippen LogP contribution in [0.1, 0.15) is 24.8 Å². The normalized spacial score (nSPS) is 22.9. The molecule has 3 nitrogen and oxygen atoms in total. The minimum Gasteiger partial charge on any atom is -0.272 e. The molecule has 1 amide bonds. The number of hydrazone groups is 1. The Morgan fingerprint density at radius 1 is 1.47 bits per heavy atom. The largest absolute Gasteiger partial charge is 0.272 e. The van der Waals surface area contributed by atoms with Crippen molar-refractivity contribution in [1.82, 2.24) is 5.01 Å². The van der Waals surface area contributed by atoms with Gasteiger partial charge in [-0.3, -0.25) is 4.79 Å². The van der Waals surface area contributed by atoms with Crippen LogP contribution >= 0.6 is 0 Å². The van der Waals surface area contributed by atoms with Gasteiger partial charge in [-0.25, -0.2) is 9.40 Å². The molecule has 1 heterocycles. The summed E-state index contributed by atoms with van der Waals surface area (Å²) in [7, 11) is 0. The van der Waals surface area contributed by atoms with E-state index in [0.717, 1.165) is 30.5 Å². The van der Waals surface area contributed by atoms with E-state index in [1.165, 1.54) is 17.1 Å². The average molecular weight is 232 g/mol. The Hall–Kier alpha value is -1.71. The van der Waals surface area contributed by atoms with Crippen LogP contribution in [0.5, 0.6) is 0 Å². The van der Waals surface area contributed by atoms with Gasteiger partial charge in [0.25, 0.3) is 5.91 Å². The monoisotopic (exact) mass is 232 g/mol. The summed E-state index contributed by atoms with van der Waals surface area (Å²) in [6, 6.07) is 6.31. The van der Waals surface area contributed by atoms with Crippen LogP contribution in [0.3, 0.4) is 0 Å². The standard InChI is InChI=1S/C13H13FN2O/c14-10-4-1-3-9(7-10)8-16-13(17)11-5-2-6-12(11)15-16/h1,3-4,7,11H,2,5-6,8H2. The molecule has 1 atom stereocenters. The number of carbonyl (C=O) groups is 1. The van der Waals surface area contributed by atoms with Gasteiger partial charge in [-0.05, 0) is 37.0 Å². The SMILES string of the molecule is O=C1C2CCCC2=NN1Cc1cccc(F)c1. The summed E-state index contributed by atoms with van der Waals surface area (Å²) in [5.41, 5.74) is 1.79. The van der Waals surface area contributed by atoms with Crippen molar-refractivity contribution in [2.24, 2.45) is 11.0 Å². The van der Waals surface area contributed by atoms with Gasteiger partial charge in [0.05, 0.1) is 18.2 Å². The van der Waals surface area contributed by atoms with E-state index in [2.05, 4.69) is 5.10 Å². The Labute approximate surface area is 98.9 Å². The summed E-state index contributed by atoms with van der Waals surface area (Å²) >= 11 is 0. The first-order chi connectivity index (χ1) is 8.24. The highest BCUT2D eigenvalue weighted by Gasteiger charge is 2.38. The van der Waals surface area contributed by atoms with E-state index in [4.69, 9.17) is 0 Å². The Morgan fingerprint density at radius 2 is 2.35 bits per heavy atom. The summed E-state index contributed by atoms with van der Waals surface area (Å²) in [4.78, 5) is 12.0. The molecule has 1 aromatic carbocycles. The topological polar surface area (TPSA) is 32.7 Å². The maximum Gasteiger partial charge on any atom is 0.251 e. The third-order valence-corrected chi connectivity index (χ3v) is 3.35. The summed E-state index contributed by atoms with van der Waals surface area (Å²) in [5, 5.41) is 5.81. The van der Waals surface area contributed by atoms with Crippen LogP contribution in [-0.4, -0.2) is 16.6 Å². The highest BCUT2D eigenvalue weighted by Crippen LogP contribution is 2.30. The lowest BCUT2D eigenvalue weighted by Gasteiger charge is -2.13. The van der Waals surface area contributed by atoms with Gasteiger partial charge in [0.15, 0.2) is 0 Å². The lowest BCUT2D eigenvalue weighted by Crippen LogP contribution is -2.25. The number of nitrogens with zero attached hydrogens (tertiary/aromatic N) is 2. The quantitative estimate of drug-likeness (QED) is 0.770. The molecule has 0 spiro atoms. The highest BCUT2D eigenvalue weighted by atomic mass is 19.1. The number of hydrogen-bond donors (Lipinski definition) is 0. The van der Waals surface area contributed by atoms with Gasteiger partial charge >= 0.3 is 0 Å². The maximum absolute atomic E-state index is 13.0. The van der Waals surface area contributed by atoms with Crippen LogP contribution in [0.2, 0.25) is 0 Å². The minimum absolute atomic E-state index is 0.00330. The fraction of sp³-hybridized carbons (Fsp3) is 0.385. The van der Waals surface area contributed by atoms with Crippen LogP contribution in [0, 0.1) is 11.7 Å².